The molecule has 1 aromatic heterocycles. The zero-order valence-electron chi connectivity index (χ0n) is 10.9. The number of aromatic nitrogens is 1. The third kappa shape index (κ3) is 4.36. The standard InChI is InChI=1S/C14H12N4O2S/c19-12(10-4-2-1-3-5-10)16-14(21)18-17-13(20)11-6-8-15-9-7-11/h1-9H,(H,17,20)(H2,16,18,19,21). The van der Waals surface area contributed by atoms with E-state index in [-0.39, 0.29) is 16.9 Å². The fourth-order valence-corrected chi connectivity index (χ4v) is 1.63. The highest BCUT2D eigenvalue weighted by molar-refractivity contribution is 7.80. The average molecular weight is 300 g/mol. The van der Waals surface area contributed by atoms with Gasteiger partial charge in [0.05, 0.1) is 0 Å². The predicted molar refractivity (Wildman–Crippen MR) is 81.3 cm³/mol. The second kappa shape index (κ2) is 7.11. The van der Waals surface area contributed by atoms with Gasteiger partial charge < -0.3 is 0 Å². The summed E-state index contributed by atoms with van der Waals surface area (Å²) in [5, 5.41) is 2.46. The van der Waals surface area contributed by atoms with E-state index in [1.807, 2.05) is 6.07 Å². The SMILES string of the molecule is O=C(NNC(=S)NC(=O)c1ccccc1)c1ccncc1. The van der Waals surface area contributed by atoms with E-state index < -0.39 is 0 Å². The van der Waals surface area contributed by atoms with Crippen LogP contribution in [0.5, 0.6) is 0 Å². The predicted octanol–water partition coefficient (Wildman–Crippen LogP) is 1.03. The van der Waals surface area contributed by atoms with Gasteiger partial charge in [0.2, 0.25) is 0 Å². The van der Waals surface area contributed by atoms with Gasteiger partial charge in [0.25, 0.3) is 11.8 Å². The molecule has 106 valence electrons. The Bertz CT molecular complexity index is 647. The first-order valence-electron chi connectivity index (χ1n) is 6.03. The van der Waals surface area contributed by atoms with Crippen molar-refractivity contribution in [3.05, 3.63) is 66.0 Å². The Balaban J connectivity index is 1.83. The molecule has 7 heteroatoms. The van der Waals surface area contributed by atoms with Gasteiger partial charge in [0.1, 0.15) is 0 Å². The van der Waals surface area contributed by atoms with Crippen molar-refractivity contribution in [1.82, 2.24) is 21.2 Å². The lowest BCUT2D eigenvalue weighted by molar-refractivity contribution is 0.0934. The Morgan fingerprint density at radius 1 is 0.857 bits per heavy atom. The molecule has 2 aromatic rings. The fraction of sp³-hybridized carbons (Fsp3) is 0. The third-order valence-electron chi connectivity index (χ3n) is 2.50. The molecule has 3 N–H and O–H groups in total. The van der Waals surface area contributed by atoms with E-state index in [4.69, 9.17) is 12.2 Å². The summed E-state index contributed by atoms with van der Waals surface area (Å²) in [5.41, 5.74) is 5.74. The molecule has 0 saturated carbocycles. The highest BCUT2D eigenvalue weighted by Gasteiger charge is 2.08. The van der Waals surface area contributed by atoms with Crippen LogP contribution in [0.15, 0.2) is 54.9 Å². The fourth-order valence-electron chi connectivity index (χ4n) is 1.49. The normalized spacial score (nSPS) is 9.52. The molecule has 0 aliphatic rings. The molecule has 21 heavy (non-hydrogen) atoms. The Morgan fingerprint density at radius 2 is 1.48 bits per heavy atom. The van der Waals surface area contributed by atoms with Gasteiger partial charge in [0.15, 0.2) is 5.11 Å². The van der Waals surface area contributed by atoms with Gasteiger partial charge in [-0.05, 0) is 36.5 Å². The molecule has 1 heterocycles. The van der Waals surface area contributed by atoms with Crippen LogP contribution < -0.4 is 16.2 Å². The molecule has 0 unspecified atom stereocenters. The molecule has 0 atom stereocenters. The van der Waals surface area contributed by atoms with Gasteiger partial charge in [-0.15, -0.1) is 0 Å². The maximum atomic E-state index is 11.8. The van der Waals surface area contributed by atoms with Crippen molar-refractivity contribution >= 4 is 29.1 Å². The number of hydrazine groups is 1. The van der Waals surface area contributed by atoms with Crippen LogP contribution in [0.2, 0.25) is 0 Å². The molecular formula is C14H12N4O2S. The molecule has 0 bridgehead atoms. The number of pyridine rings is 1. The van der Waals surface area contributed by atoms with Crippen LogP contribution in [-0.4, -0.2) is 21.9 Å². The second-order valence-electron chi connectivity index (χ2n) is 3.96. The molecule has 6 nitrogen and oxygen atoms in total. The average Bonchev–Trinajstić information content (AvgIpc) is 2.54. The van der Waals surface area contributed by atoms with Crippen LogP contribution >= 0.6 is 12.2 Å². The van der Waals surface area contributed by atoms with Gasteiger partial charge in [-0.25, -0.2) is 0 Å². The number of thiocarbonyl (C=S) groups is 1. The first kappa shape index (κ1) is 14.6. The summed E-state index contributed by atoms with van der Waals surface area (Å²) in [5.74, 6) is -0.736. The van der Waals surface area contributed by atoms with Crippen molar-refractivity contribution in [3.8, 4) is 0 Å². The molecule has 0 fully saturated rings. The smallest absolute Gasteiger partial charge is 0.269 e. The number of hydrogen-bond acceptors (Lipinski definition) is 4. The van der Waals surface area contributed by atoms with Crippen LogP contribution in [-0.2, 0) is 0 Å². The summed E-state index contributed by atoms with van der Waals surface area (Å²) in [7, 11) is 0. The van der Waals surface area contributed by atoms with E-state index in [0.717, 1.165) is 0 Å². The van der Waals surface area contributed by atoms with Gasteiger partial charge >= 0.3 is 0 Å². The lowest BCUT2D eigenvalue weighted by Gasteiger charge is -2.10. The Labute approximate surface area is 126 Å². The van der Waals surface area contributed by atoms with Gasteiger partial charge in [-0.1, -0.05) is 18.2 Å². The molecular weight excluding hydrogens is 288 g/mol. The maximum Gasteiger partial charge on any atom is 0.269 e. The lowest BCUT2D eigenvalue weighted by atomic mass is 10.2. The highest BCUT2D eigenvalue weighted by atomic mass is 32.1. The second-order valence-corrected chi connectivity index (χ2v) is 4.37. The molecule has 2 rings (SSSR count). The van der Waals surface area contributed by atoms with Crippen LogP contribution in [0.4, 0.5) is 0 Å². The number of nitrogens with one attached hydrogen (secondary N) is 3. The Hall–Kier alpha value is -2.80. The number of benzene rings is 1. The molecule has 1 aromatic carbocycles. The summed E-state index contributed by atoms with van der Waals surface area (Å²) < 4.78 is 0. The number of amides is 2. The number of hydrogen-bond donors (Lipinski definition) is 3. The molecule has 0 radical (unpaired) electrons. The minimum Gasteiger partial charge on any atom is -0.298 e. The lowest BCUT2D eigenvalue weighted by Crippen LogP contribution is -2.48. The Morgan fingerprint density at radius 3 is 2.14 bits per heavy atom. The zero-order chi connectivity index (χ0) is 15.1. The largest absolute Gasteiger partial charge is 0.298 e. The first-order chi connectivity index (χ1) is 10.2. The van der Waals surface area contributed by atoms with Crippen LogP contribution in [0.1, 0.15) is 20.7 Å². The summed E-state index contributed by atoms with van der Waals surface area (Å²) in [4.78, 5) is 27.4. The van der Waals surface area contributed by atoms with Crippen molar-refractivity contribution in [2.75, 3.05) is 0 Å². The number of carbonyl (C=O) groups excluding carboxylic acids is 2. The van der Waals surface area contributed by atoms with E-state index in [2.05, 4.69) is 21.2 Å². The van der Waals surface area contributed by atoms with E-state index in [1.165, 1.54) is 12.4 Å². The monoisotopic (exact) mass is 300 g/mol. The van der Waals surface area contributed by atoms with E-state index >= 15 is 0 Å². The minimum absolute atomic E-state index is 0.00580. The number of nitrogens with zero attached hydrogens (tertiary/aromatic N) is 1. The number of rotatable bonds is 2. The van der Waals surface area contributed by atoms with Crippen LogP contribution in [0.3, 0.4) is 0 Å². The summed E-state index contributed by atoms with van der Waals surface area (Å²) >= 11 is 4.93. The summed E-state index contributed by atoms with van der Waals surface area (Å²) in [6, 6.07) is 11.7. The van der Waals surface area contributed by atoms with Gasteiger partial charge in [0, 0.05) is 23.5 Å². The highest BCUT2D eigenvalue weighted by Crippen LogP contribution is 1.97. The quantitative estimate of drug-likeness (QED) is 0.570. The summed E-state index contributed by atoms with van der Waals surface area (Å²) in [6.45, 7) is 0. The van der Waals surface area contributed by atoms with E-state index in [1.54, 1.807) is 36.4 Å². The molecule has 2 amide bonds. The van der Waals surface area contributed by atoms with Crippen molar-refractivity contribution in [3.63, 3.8) is 0 Å². The molecule has 0 saturated heterocycles. The number of carbonyl (C=O) groups is 2. The molecule has 0 aliphatic carbocycles. The molecule has 0 spiro atoms. The van der Waals surface area contributed by atoms with Crippen molar-refractivity contribution in [1.29, 1.82) is 0 Å². The van der Waals surface area contributed by atoms with Crippen molar-refractivity contribution in [2.24, 2.45) is 0 Å². The van der Waals surface area contributed by atoms with Crippen molar-refractivity contribution < 1.29 is 9.59 Å². The van der Waals surface area contributed by atoms with Crippen LogP contribution in [0.25, 0.3) is 0 Å². The maximum absolute atomic E-state index is 11.8. The Kier molecular flexibility index (Phi) is 4.94. The van der Waals surface area contributed by atoms with Crippen LogP contribution in [0, 0.1) is 0 Å². The minimum atomic E-state index is -0.381. The van der Waals surface area contributed by atoms with Crippen molar-refractivity contribution in [2.45, 2.75) is 0 Å². The van der Waals surface area contributed by atoms with Gasteiger partial charge in [-0.3, -0.25) is 30.7 Å². The van der Waals surface area contributed by atoms with E-state index in [0.29, 0.717) is 11.1 Å². The molecule has 0 aliphatic heterocycles. The topological polar surface area (TPSA) is 83.1 Å². The zero-order valence-corrected chi connectivity index (χ0v) is 11.7. The van der Waals surface area contributed by atoms with Gasteiger partial charge in [-0.2, -0.15) is 0 Å². The first-order valence-corrected chi connectivity index (χ1v) is 6.44. The third-order valence-corrected chi connectivity index (χ3v) is 2.70. The van der Waals surface area contributed by atoms with E-state index in [9.17, 15) is 9.59 Å². The summed E-state index contributed by atoms with van der Waals surface area (Å²) in [6.07, 6.45) is 3.01.